The van der Waals surface area contributed by atoms with Gasteiger partial charge in [-0.2, -0.15) is 0 Å². The van der Waals surface area contributed by atoms with Crippen LogP contribution in [0.5, 0.6) is 0 Å². The minimum Gasteiger partial charge on any atom is -0.342 e. The lowest BCUT2D eigenvalue weighted by atomic mass is 10.0. The highest BCUT2D eigenvalue weighted by atomic mass is 16.2. The lowest BCUT2D eigenvalue weighted by Crippen LogP contribution is -2.28. The van der Waals surface area contributed by atoms with Crippen LogP contribution in [0.3, 0.4) is 0 Å². The molecule has 3 rings (SSSR count). The van der Waals surface area contributed by atoms with E-state index in [2.05, 4.69) is 17.1 Å². The monoisotopic (exact) mass is 298 g/mol. The van der Waals surface area contributed by atoms with Crippen molar-refractivity contribution in [2.45, 2.75) is 26.2 Å². The highest BCUT2D eigenvalue weighted by Gasteiger charge is 2.25. The van der Waals surface area contributed by atoms with Crippen LogP contribution in [0, 0.1) is 5.92 Å². The second-order valence-corrected chi connectivity index (χ2v) is 5.96. The van der Waals surface area contributed by atoms with Crippen molar-refractivity contribution < 1.29 is 4.79 Å². The molecule has 0 aliphatic carbocycles. The van der Waals surface area contributed by atoms with Gasteiger partial charge in [-0.25, -0.2) is 4.98 Å². The van der Waals surface area contributed by atoms with Gasteiger partial charge in [-0.1, -0.05) is 13.0 Å². The van der Waals surface area contributed by atoms with Gasteiger partial charge in [-0.05, 0) is 30.9 Å². The molecule has 1 saturated heterocycles. The minimum atomic E-state index is 0.263. The van der Waals surface area contributed by atoms with Crippen molar-refractivity contribution in [2.75, 3.05) is 13.1 Å². The highest BCUT2D eigenvalue weighted by molar-refractivity contribution is 5.76. The first kappa shape index (κ1) is 14.8. The van der Waals surface area contributed by atoms with E-state index >= 15 is 0 Å². The van der Waals surface area contributed by atoms with Gasteiger partial charge in [0.2, 0.25) is 5.91 Å². The van der Waals surface area contributed by atoms with Crippen LogP contribution in [0.25, 0.3) is 11.4 Å². The molecule has 0 bridgehead atoms. The van der Waals surface area contributed by atoms with E-state index in [4.69, 9.17) is 4.98 Å². The first-order chi connectivity index (χ1) is 10.7. The molecule has 1 atom stereocenters. The van der Waals surface area contributed by atoms with Crippen LogP contribution in [0.2, 0.25) is 0 Å². The summed E-state index contributed by atoms with van der Waals surface area (Å²) < 4.78 is 1.98. The van der Waals surface area contributed by atoms with Gasteiger partial charge in [0, 0.05) is 32.3 Å². The fraction of sp³-hybridized carbons (Fsp3) is 0.471. The molecular formula is C17H22N4O. The van der Waals surface area contributed by atoms with E-state index in [0.717, 1.165) is 43.0 Å². The molecule has 1 aliphatic heterocycles. The Labute approximate surface area is 131 Å². The number of nitrogens with zero attached hydrogens (tertiary/aromatic N) is 4. The van der Waals surface area contributed by atoms with E-state index in [9.17, 15) is 4.79 Å². The van der Waals surface area contributed by atoms with Crippen molar-refractivity contribution in [3.8, 4) is 11.4 Å². The summed E-state index contributed by atoms with van der Waals surface area (Å²) in [6.07, 6.45) is 6.22. The SMILES string of the molecule is CCC(=O)N1CCC(Cc2cccc(-c3cncn3C)n2)C1. The molecule has 0 N–H and O–H groups in total. The molecule has 5 nitrogen and oxygen atoms in total. The average molecular weight is 298 g/mol. The van der Waals surface area contributed by atoms with Gasteiger partial charge in [-0.15, -0.1) is 0 Å². The molecule has 1 amide bonds. The summed E-state index contributed by atoms with van der Waals surface area (Å²) >= 11 is 0. The Morgan fingerprint density at radius 2 is 2.27 bits per heavy atom. The summed E-state index contributed by atoms with van der Waals surface area (Å²) in [4.78, 5) is 22.7. The number of carbonyl (C=O) groups is 1. The predicted molar refractivity (Wildman–Crippen MR) is 85.1 cm³/mol. The van der Waals surface area contributed by atoms with Gasteiger partial charge in [0.25, 0.3) is 0 Å². The largest absolute Gasteiger partial charge is 0.342 e. The van der Waals surface area contributed by atoms with Gasteiger partial charge in [-0.3, -0.25) is 9.78 Å². The Hall–Kier alpha value is -2.17. The van der Waals surface area contributed by atoms with E-state index in [1.54, 1.807) is 6.33 Å². The lowest BCUT2D eigenvalue weighted by molar-refractivity contribution is -0.129. The van der Waals surface area contributed by atoms with E-state index in [1.165, 1.54) is 0 Å². The zero-order valence-corrected chi connectivity index (χ0v) is 13.2. The number of hydrogen-bond donors (Lipinski definition) is 0. The Morgan fingerprint density at radius 1 is 1.41 bits per heavy atom. The van der Waals surface area contributed by atoms with Gasteiger partial charge < -0.3 is 9.47 Å². The van der Waals surface area contributed by atoms with Crippen molar-refractivity contribution in [2.24, 2.45) is 13.0 Å². The van der Waals surface area contributed by atoms with E-state index in [0.29, 0.717) is 12.3 Å². The molecule has 1 fully saturated rings. The van der Waals surface area contributed by atoms with E-state index in [-0.39, 0.29) is 5.91 Å². The molecule has 5 heteroatoms. The number of likely N-dealkylation sites (tertiary alicyclic amines) is 1. The van der Waals surface area contributed by atoms with E-state index in [1.807, 2.05) is 35.7 Å². The topological polar surface area (TPSA) is 51.0 Å². The average Bonchev–Trinajstić information content (AvgIpc) is 3.16. The zero-order valence-electron chi connectivity index (χ0n) is 13.2. The summed E-state index contributed by atoms with van der Waals surface area (Å²) in [6, 6.07) is 6.14. The number of aryl methyl sites for hydroxylation is 1. The van der Waals surface area contributed by atoms with Crippen molar-refractivity contribution in [1.29, 1.82) is 0 Å². The fourth-order valence-electron chi connectivity index (χ4n) is 3.09. The molecular weight excluding hydrogens is 276 g/mol. The molecule has 0 aromatic carbocycles. The number of amides is 1. The molecule has 3 heterocycles. The van der Waals surface area contributed by atoms with Crippen LogP contribution in [-0.2, 0) is 18.3 Å². The summed E-state index contributed by atoms with van der Waals surface area (Å²) in [5.41, 5.74) is 3.07. The molecule has 0 spiro atoms. The lowest BCUT2D eigenvalue weighted by Gasteiger charge is -2.15. The third-order valence-electron chi connectivity index (χ3n) is 4.32. The van der Waals surface area contributed by atoms with E-state index < -0.39 is 0 Å². The molecule has 0 saturated carbocycles. The summed E-state index contributed by atoms with van der Waals surface area (Å²) in [5.74, 6) is 0.781. The van der Waals surface area contributed by atoms with Gasteiger partial charge >= 0.3 is 0 Å². The number of imidazole rings is 1. The summed E-state index contributed by atoms with van der Waals surface area (Å²) in [5, 5.41) is 0. The maximum absolute atomic E-state index is 11.8. The smallest absolute Gasteiger partial charge is 0.222 e. The Bertz CT molecular complexity index is 664. The van der Waals surface area contributed by atoms with Crippen molar-refractivity contribution in [3.63, 3.8) is 0 Å². The maximum Gasteiger partial charge on any atom is 0.222 e. The minimum absolute atomic E-state index is 0.263. The number of hydrogen-bond acceptors (Lipinski definition) is 3. The third kappa shape index (κ3) is 3.03. The zero-order chi connectivity index (χ0) is 15.5. The van der Waals surface area contributed by atoms with Gasteiger partial charge in [0.05, 0.1) is 23.9 Å². The van der Waals surface area contributed by atoms with Crippen LogP contribution in [0.4, 0.5) is 0 Å². The number of pyridine rings is 1. The third-order valence-corrected chi connectivity index (χ3v) is 4.32. The molecule has 1 unspecified atom stereocenters. The van der Waals surface area contributed by atoms with Crippen LogP contribution in [0.1, 0.15) is 25.5 Å². The first-order valence-electron chi connectivity index (χ1n) is 7.87. The van der Waals surface area contributed by atoms with Gasteiger partial charge in [0.1, 0.15) is 0 Å². The highest BCUT2D eigenvalue weighted by Crippen LogP contribution is 2.22. The first-order valence-corrected chi connectivity index (χ1v) is 7.87. The van der Waals surface area contributed by atoms with Crippen molar-refractivity contribution in [3.05, 3.63) is 36.4 Å². The molecule has 0 radical (unpaired) electrons. The van der Waals surface area contributed by atoms with Crippen molar-refractivity contribution >= 4 is 5.91 Å². The Kier molecular flexibility index (Phi) is 4.22. The normalized spacial score (nSPS) is 17.9. The molecule has 22 heavy (non-hydrogen) atoms. The van der Waals surface area contributed by atoms with Crippen LogP contribution in [-0.4, -0.2) is 38.4 Å². The number of rotatable bonds is 4. The van der Waals surface area contributed by atoms with Gasteiger partial charge in [0.15, 0.2) is 0 Å². The van der Waals surface area contributed by atoms with Crippen molar-refractivity contribution in [1.82, 2.24) is 19.4 Å². The van der Waals surface area contributed by atoms with Crippen LogP contribution >= 0.6 is 0 Å². The number of carbonyl (C=O) groups excluding carboxylic acids is 1. The van der Waals surface area contributed by atoms with Crippen LogP contribution in [0.15, 0.2) is 30.7 Å². The Morgan fingerprint density at radius 3 is 3.00 bits per heavy atom. The molecule has 116 valence electrons. The molecule has 2 aromatic heterocycles. The fourth-order valence-corrected chi connectivity index (χ4v) is 3.09. The van der Waals surface area contributed by atoms with Crippen LogP contribution < -0.4 is 0 Å². The molecule has 2 aromatic rings. The Balaban J connectivity index is 1.69. The summed E-state index contributed by atoms with van der Waals surface area (Å²) in [7, 11) is 1.97. The molecule has 1 aliphatic rings. The second kappa shape index (κ2) is 6.30. The quantitative estimate of drug-likeness (QED) is 0.870. The maximum atomic E-state index is 11.8. The number of aromatic nitrogens is 3. The second-order valence-electron chi connectivity index (χ2n) is 5.96. The summed E-state index contributed by atoms with van der Waals surface area (Å²) in [6.45, 7) is 3.68. The standard InChI is InChI=1S/C17H22N4O/c1-3-17(22)21-8-7-13(11-21)9-14-5-4-6-15(19-14)16-10-18-12-20(16)2/h4-6,10,12-13H,3,7-9,11H2,1-2H3. The predicted octanol–water partition coefficient (Wildman–Crippen LogP) is 2.28.